The van der Waals surface area contributed by atoms with Gasteiger partial charge >= 0.3 is 0 Å². The topological polar surface area (TPSA) is 96.6 Å². The number of nitrogens with two attached hydrogens (primary N) is 1. The van der Waals surface area contributed by atoms with Gasteiger partial charge in [0, 0.05) is 31.6 Å². The molecular formula is C24H34Cl2N4O3S. The Labute approximate surface area is 214 Å². The Morgan fingerprint density at radius 1 is 1.03 bits per heavy atom. The van der Waals surface area contributed by atoms with Crippen molar-refractivity contribution in [1.29, 1.82) is 0 Å². The number of likely N-dealkylation sites (tertiary alicyclic amines) is 2. The number of carbonyl (C=O) groups is 1. The maximum Gasteiger partial charge on any atom is 0.229 e. The van der Waals surface area contributed by atoms with Crippen LogP contribution in [0.25, 0.3) is 0 Å². The van der Waals surface area contributed by atoms with Gasteiger partial charge in [0.2, 0.25) is 5.91 Å². The Morgan fingerprint density at radius 3 is 2.26 bits per heavy atom. The zero-order valence-electron chi connectivity index (χ0n) is 19.4. The molecule has 2 aromatic rings. The van der Waals surface area contributed by atoms with Crippen molar-refractivity contribution in [2.45, 2.75) is 43.2 Å². The monoisotopic (exact) mass is 528 g/mol. The van der Waals surface area contributed by atoms with Gasteiger partial charge in [0.05, 0.1) is 16.0 Å². The van der Waals surface area contributed by atoms with Gasteiger partial charge in [-0.05, 0) is 75.1 Å². The van der Waals surface area contributed by atoms with Crippen molar-refractivity contribution in [3.05, 3.63) is 59.9 Å². The van der Waals surface area contributed by atoms with Crippen molar-refractivity contribution >= 4 is 40.6 Å². The van der Waals surface area contributed by atoms with E-state index in [1.165, 1.54) is 6.26 Å². The molecule has 1 aromatic heterocycles. The molecule has 4 rings (SSSR count). The number of carbonyl (C=O) groups excluding carboxylic acids is 1. The normalized spacial score (nSPS) is 18.9. The summed E-state index contributed by atoms with van der Waals surface area (Å²) in [6, 6.07) is 12.6. The first-order valence-corrected chi connectivity index (χ1v) is 13.1. The zero-order chi connectivity index (χ0) is 22.8. The number of sulfone groups is 1. The van der Waals surface area contributed by atoms with Crippen molar-refractivity contribution in [3.8, 4) is 0 Å². The molecule has 10 heteroatoms. The van der Waals surface area contributed by atoms with E-state index in [1.54, 1.807) is 18.3 Å². The van der Waals surface area contributed by atoms with E-state index >= 15 is 0 Å². The number of nitrogens with zero attached hydrogens (tertiary/aromatic N) is 3. The van der Waals surface area contributed by atoms with E-state index in [9.17, 15) is 13.2 Å². The molecule has 1 unspecified atom stereocenters. The van der Waals surface area contributed by atoms with E-state index < -0.39 is 9.84 Å². The summed E-state index contributed by atoms with van der Waals surface area (Å²) in [7, 11) is -3.21. The number of pyridine rings is 1. The molecule has 3 heterocycles. The number of halogens is 2. The molecule has 2 aliphatic rings. The fourth-order valence-corrected chi connectivity index (χ4v) is 5.47. The summed E-state index contributed by atoms with van der Waals surface area (Å²) in [6.07, 6.45) is 6.50. The summed E-state index contributed by atoms with van der Waals surface area (Å²) in [6.45, 7) is 4.04. The minimum Gasteiger partial charge on any atom is -0.338 e. The van der Waals surface area contributed by atoms with Crippen LogP contribution in [0.2, 0.25) is 0 Å². The third-order valence-electron chi connectivity index (χ3n) is 6.96. The van der Waals surface area contributed by atoms with Gasteiger partial charge in [-0.25, -0.2) is 8.42 Å². The standard InChI is InChI=1S/C24H32N4O3S.2ClH/c1-32(30,31)20-7-5-19(6-8-20)18-28-17-12-24(23(28)29)10-15-27(16-11-24)14-9-21(25)22-4-2-3-13-26-22;;/h2-8,13,21H,9-12,14-18,25H2,1H3;2*1H. The summed E-state index contributed by atoms with van der Waals surface area (Å²) >= 11 is 0. The van der Waals surface area contributed by atoms with Crippen molar-refractivity contribution in [1.82, 2.24) is 14.8 Å². The second-order valence-corrected chi connectivity index (χ2v) is 11.2. The van der Waals surface area contributed by atoms with Crippen LogP contribution in [-0.2, 0) is 21.2 Å². The number of benzene rings is 1. The first kappa shape index (κ1) is 28.5. The highest BCUT2D eigenvalue weighted by Crippen LogP contribution is 2.42. The lowest BCUT2D eigenvalue weighted by molar-refractivity contribution is -0.138. The second-order valence-electron chi connectivity index (χ2n) is 9.16. The van der Waals surface area contributed by atoms with Crippen LogP contribution in [0.15, 0.2) is 53.6 Å². The maximum atomic E-state index is 13.3. The zero-order valence-corrected chi connectivity index (χ0v) is 21.9. The van der Waals surface area contributed by atoms with Gasteiger partial charge in [-0.2, -0.15) is 0 Å². The molecular weight excluding hydrogens is 495 g/mol. The van der Waals surface area contributed by atoms with E-state index in [2.05, 4.69) is 9.88 Å². The number of amides is 1. The fraction of sp³-hybridized carbons (Fsp3) is 0.500. The molecule has 0 radical (unpaired) electrons. The summed E-state index contributed by atoms with van der Waals surface area (Å²) in [5.74, 6) is 0.245. The van der Waals surface area contributed by atoms with Crippen molar-refractivity contribution < 1.29 is 13.2 Å². The van der Waals surface area contributed by atoms with Gasteiger partial charge < -0.3 is 15.5 Å². The Balaban J connectivity index is 0.00000204. The van der Waals surface area contributed by atoms with Gasteiger partial charge in [0.1, 0.15) is 0 Å². The molecule has 188 valence electrons. The van der Waals surface area contributed by atoms with Crippen LogP contribution in [0, 0.1) is 5.41 Å². The fourth-order valence-electron chi connectivity index (χ4n) is 4.84. The second kappa shape index (κ2) is 11.8. The number of hydrogen-bond acceptors (Lipinski definition) is 6. The molecule has 1 aromatic carbocycles. The van der Waals surface area contributed by atoms with Crippen LogP contribution >= 0.6 is 24.8 Å². The number of hydrogen-bond donors (Lipinski definition) is 1. The average molecular weight is 530 g/mol. The molecule has 2 fully saturated rings. The van der Waals surface area contributed by atoms with Crippen LogP contribution in [0.1, 0.15) is 43.0 Å². The highest BCUT2D eigenvalue weighted by atomic mass is 35.5. The first-order valence-electron chi connectivity index (χ1n) is 11.2. The smallest absolute Gasteiger partial charge is 0.229 e. The predicted molar refractivity (Wildman–Crippen MR) is 138 cm³/mol. The van der Waals surface area contributed by atoms with E-state index in [1.807, 2.05) is 35.2 Å². The molecule has 1 atom stereocenters. The predicted octanol–water partition coefficient (Wildman–Crippen LogP) is 3.23. The minimum atomic E-state index is -3.21. The van der Waals surface area contributed by atoms with Crippen molar-refractivity contribution in [3.63, 3.8) is 0 Å². The molecule has 34 heavy (non-hydrogen) atoms. The van der Waals surface area contributed by atoms with Gasteiger partial charge in [-0.15, -0.1) is 24.8 Å². The highest BCUT2D eigenvalue weighted by molar-refractivity contribution is 7.90. The van der Waals surface area contributed by atoms with E-state index in [4.69, 9.17) is 5.73 Å². The molecule has 7 nitrogen and oxygen atoms in total. The molecule has 2 saturated heterocycles. The third kappa shape index (κ3) is 6.49. The molecule has 2 aliphatic heterocycles. The van der Waals surface area contributed by atoms with Crippen molar-refractivity contribution in [2.75, 3.05) is 32.4 Å². The Bertz CT molecular complexity index is 1040. The molecule has 0 bridgehead atoms. The highest BCUT2D eigenvalue weighted by Gasteiger charge is 2.47. The van der Waals surface area contributed by atoms with Crippen molar-refractivity contribution in [2.24, 2.45) is 11.1 Å². The number of aromatic nitrogens is 1. The Morgan fingerprint density at radius 2 is 1.68 bits per heavy atom. The molecule has 0 saturated carbocycles. The van der Waals surface area contributed by atoms with Gasteiger partial charge in [-0.1, -0.05) is 18.2 Å². The van der Waals surface area contributed by atoms with Crippen LogP contribution < -0.4 is 5.73 Å². The number of rotatable bonds is 7. The van der Waals surface area contributed by atoms with Crippen LogP contribution in [-0.4, -0.2) is 61.5 Å². The van der Waals surface area contributed by atoms with Crippen LogP contribution in [0.3, 0.4) is 0 Å². The summed E-state index contributed by atoms with van der Waals surface area (Å²) in [5, 5.41) is 0. The lowest BCUT2D eigenvalue weighted by atomic mass is 9.77. The number of piperidine rings is 1. The van der Waals surface area contributed by atoms with E-state index in [0.29, 0.717) is 11.4 Å². The largest absolute Gasteiger partial charge is 0.338 e. The summed E-state index contributed by atoms with van der Waals surface area (Å²) < 4.78 is 23.3. The lowest BCUT2D eigenvalue weighted by Gasteiger charge is -2.38. The van der Waals surface area contributed by atoms with Gasteiger partial charge in [0.15, 0.2) is 9.84 Å². The maximum absolute atomic E-state index is 13.3. The SMILES string of the molecule is CS(=O)(=O)c1ccc(CN2CCC3(CCN(CCC(N)c4ccccn4)CC3)C2=O)cc1.Cl.Cl. The van der Waals surface area contributed by atoms with Gasteiger partial charge in [-0.3, -0.25) is 9.78 Å². The van der Waals surface area contributed by atoms with Crippen LogP contribution in [0.4, 0.5) is 0 Å². The summed E-state index contributed by atoms with van der Waals surface area (Å²) in [4.78, 5) is 22.2. The quantitative estimate of drug-likeness (QED) is 0.592. The Kier molecular flexibility index (Phi) is 9.91. The minimum absolute atomic E-state index is 0. The molecule has 1 spiro atoms. The van der Waals surface area contributed by atoms with Crippen LogP contribution in [0.5, 0.6) is 0 Å². The molecule has 2 N–H and O–H groups in total. The average Bonchev–Trinajstić information content (AvgIpc) is 3.08. The van der Waals surface area contributed by atoms with E-state index in [-0.39, 0.29) is 42.2 Å². The van der Waals surface area contributed by atoms with E-state index in [0.717, 1.165) is 63.1 Å². The molecule has 1 amide bonds. The summed E-state index contributed by atoms with van der Waals surface area (Å²) in [5.41, 5.74) is 7.93. The Hall–Kier alpha value is -1.71. The lowest BCUT2D eigenvalue weighted by Crippen LogP contribution is -2.45. The molecule has 0 aliphatic carbocycles. The third-order valence-corrected chi connectivity index (χ3v) is 8.09. The van der Waals surface area contributed by atoms with Gasteiger partial charge in [0.25, 0.3) is 0 Å². The first-order chi connectivity index (χ1) is 15.3.